The van der Waals surface area contributed by atoms with E-state index in [-0.39, 0.29) is 5.91 Å². The number of fused-ring (bicyclic) bond motifs is 1. The number of amides is 1. The van der Waals surface area contributed by atoms with Gasteiger partial charge >= 0.3 is 0 Å². The molecule has 130 valence electrons. The van der Waals surface area contributed by atoms with Crippen LogP contribution in [0.2, 0.25) is 0 Å². The first-order valence-electron chi connectivity index (χ1n) is 8.72. The fourth-order valence-corrected chi connectivity index (χ4v) is 2.84. The Hall–Kier alpha value is -2.75. The number of aryl methyl sites for hydroxylation is 2. The van der Waals surface area contributed by atoms with Crippen molar-refractivity contribution in [1.82, 2.24) is 9.88 Å². The number of carbonyl (C=O) groups excluding carboxylic acids is 1. The summed E-state index contributed by atoms with van der Waals surface area (Å²) in [7, 11) is 0. The number of hydrogen-bond donors (Lipinski definition) is 1. The second kappa shape index (κ2) is 8.38. The molecule has 2 aromatic carbocycles. The van der Waals surface area contributed by atoms with Crippen molar-refractivity contribution >= 4 is 16.8 Å². The summed E-state index contributed by atoms with van der Waals surface area (Å²) >= 11 is 0. The minimum Gasteiger partial charge on any atom is -0.494 e. The minimum atomic E-state index is 0.0772. The van der Waals surface area contributed by atoms with Gasteiger partial charge in [0.25, 0.3) is 0 Å². The van der Waals surface area contributed by atoms with Gasteiger partial charge in [-0.3, -0.25) is 4.79 Å². The van der Waals surface area contributed by atoms with Crippen LogP contribution in [-0.2, 0) is 11.3 Å². The predicted molar refractivity (Wildman–Crippen MR) is 101 cm³/mol. The van der Waals surface area contributed by atoms with E-state index >= 15 is 0 Å². The second-order valence-electron chi connectivity index (χ2n) is 6.19. The van der Waals surface area contributed by atoms with Crippen molar-refractivity contribution in [3.05, 3.63) is 66.4 Å². The van der Waals surface area contributed by atoms with Crippen LogP contribution in [0.5, 0.6) is 5.75 Å². The van der Waals surface area contributed by atoms with Gasteiger partial charge in [-0.25, -0.2) is 0 Å². The number of ether oxygens (including phenoxy) is 1. The molecular weight excluding hydrogens is 312 g/mol. The first kappa shape index (κ1) is 17.1. The Kier molecular flexibility index (Phi) is 5.73. The molecule has 0 saturated carbocycles. The lowest BCUT2D eigenvalue weighted by atomic mass is 10.2. The summed E-state index contributed by atoms with van der Waals surface area (Å²) in [6.07, 6.45) is 3.32. The van der Waals surface area contributed by atoms with Gasteiger partial charge in [-0.1, -0.05) is 30.3 Å². The van der Waals surface area contributed by atoms with E-state index in [2.05, 4.69) is 28.1 Å². The van der Waals surface area contributed by atoms with Crippen LogP contribution in [0.4, 0.5) is 0 Å². The molecule has 0 bridgehead atoms. The van der Waals surface area contributed by atoms with E-state index in [0.29, 0.717) is 26.1 Å². The molecule has 4 heteroatoms. The van der Waals surface area contributed by atoms with Gasteiger partial charge in [0.1, 0.15) is 5.75 Å². The van der Waals surface area contributed by atoms with Gasteiger partial charge in [-0.15, -0.1) is 0 Å². The van der Waals surface area contributed by atoms with Crippen molar-refractivity contribution in [2.75, 3.05) is 13.2 Å². The SMILES string of the molecule is Cc1cccc(OCCCNC(=O)CCn2ccc3ccccc32)c1. The summed E-state index contributed by atoms with van der Waals surface area (Å²) in [5, 5.41) is 4.16. The third kappa shape index (κ3) is 4.86. The fourth-order valence-electron chi connectivity index (χ4n) is 2.84. The van der Waals surface area contributed by atoms with Crippen LogP contribution in [0, 0.1) is 6.92 Å². The van der Waals surface area contributed by atoms with Gasteiger partial charge in [-0.05, 0) is 48.6 Å². The maximum atomic E-state index is 12.0. The highest BCUT2D eigenvalue weighted by molar-refractivity contribution is 5.80. The van der Waals surface area contributed by atoms with Crippen molar-refractivity contribution in [2.45, 2.75) is 26.3 Å². The van der Waals surface area contributed by atoms with Crippen molar-refractivity contribution < 1.29 is 9.53 Å². The lowest BCUT2D eigenvalue weighted by molar-refractivity contribution is -0.121. The normalized spacial score (nSPS) is 10.8. The lowest BCUT2D eigenvalue weighted by Crippen LogP contribution is -2.26. The monoisotopic (exact) mass is 336 g/mol. The summed E-state index contributed by atoms with van der Waals surface area (Å²) in [4.78, 5) is 12.0. The van der Waals surface area contributed by atoms with Crippen LogP contribution in [0.15, 0.2) is 60.8 Å². The Morgan fingerprint density at radius 3 is 2.88 bits per heavy atom. The summed E-state index contributed by atoms with van der Waals surface area (Å²) < 4.78 is 7.80. The molecule has 3 aromatic rings. The first-order valence-corrected chi connectivity index (χ1v) is 8.72. The Bertz CT molecular complexity index is 839. The Balaban J connectivity index is 1.34. The molecule has 1 aromatic heterocycles. The number of benzene rings is 2. The van der Waals surface area contributed by atoms with Crippen LogP contribution in [-0.4, -0.2) is 23.6 Å². The van der Waals surface area contributed by atoms with Gasteiger partial charge in [0, 0.05) is 31.2 Å². The van der Waals surface area contributed by atoms with Gasteiger partial charge in [0.2, 0.25) is 5.91 Å². The Morgan fingerprint density at radius 2 is 2.00 bits per heavy atom. The number of nitrogens with one attached hydrogen (secondary N) is 1. The molecule has 0 saturated heterocycles. The number of hydrogen-bond acceptors (Lipinski definition) is 2. The Morgan fingerprint density at radius 1 is 1.12 bits per heavy atom. The Labute approximate surface area is 148 Å². The van der Waals surface area contributed by atoms with Crippen LogP contribution < -0.4 is 10.1 Å². The molecule has 0 fully saturated rings. The number of para-hydroxylation sites is 1. The molecule has 0 aliphatic rings. The second-order valence-corrected chi connectivity index (χ2v) is 6.19. The average Bonchev–Trinajstić information content (AvgIpc) is 3.03. The van der Waals surface area contributed by atoms with Gasteiger partial charge in [0.05, 0.1) is 6.61 Å². The van der Waals surface area contributed by atoms with Crippen molar-refractivity contribution in [1.29, 1.82) is 0 Å². The van der Waals surface area contributed by atoms with Crippen molar-refractivity contribution in [2.24, 2.45) is 0 Å². The van der Waals surface area contributed by atoms with E-state index < -0.39 is 0 Å². The zero-order valence-corrected chi connectivity index (χ0v) is 14.6. The average molecular weight is 336 g/mol. The van der Waals surface area contributed by atoms with Crippen LogP contribution in [0.1, 0.15) is 18.4 Å². The number of aromatic nitrogens is 1. The highest BCUT2D eigenvalue weighted by Gasteiger charge is 2.04. The van der Waals surface area contributed by atoms with Gasteiger partial charge in [0.15, 0.2) is 0 Å². The van der Waals surface area contributed by atoms with Crippen LogP contribution >= 0.6 is 0 Å². The summed E-state index contributed by atoms with van der Waals surface area (Å²) in [6.45, 7) is 3.98. The van der Waals surface area contributed by atoms with E-state index in [9.17, 15) is 4.79 Å². The van der Waals surface area contributed by atoms with Crippen LogP contribution in [0.3, 0.4) is 0 Å². The van der Waals surface area contributed by atoms with E-state index in [4.69, 9.17) is 4.74 Å². The van der Waals surface area contributed by atoms with Crippen molar-refractivity contribution in [3.8, 4) is 5.75 Å². The third-order valence-electron chi connectivity index (χ3n) is 4.16. The quantitative estimate of drug-likeness (QED) is 0.634. The van der Waals surface area contributed by atoms with Gasteiger partial charge in [-0.2, -0.15) is 0 Å². The molecular formula is C21H24N2O2. The molecule has 0 aliphatic heterocycles. The topological polar surface area (TPSA) is 43.3 Å². The fraction of sp³-hybridized carbons (Fsp3) is 0.286. The highest BCUT2D eigenvalue weighted by atomic mass is 16.5. The van der Waals surface area contributed by atoms with E-state index in [1.165, 1.54) is 16.5 Å². The van der Waals surface area contributed by atoms with Crippen molar-refractivity contribution in [3.63, 3.8) is 0 Å². The number of nitrogens with zero attached hydrogens (tertiary/aromatic N) is 1. The lowest BCUT2D eigenvalue weighted by Gasteiger charge is -2.09. The third-order valence-corrected chi connectivity index (χ3v) is 4.16. The molecule has 0 aliphatic carbocycles. The van der Waals surface area contributed by atoms with Crippen LogP contribution in [0.25, 0.3) is 10.9 Å². The molecule has 3 rings (SSSR count). The molecule has 0 atom stereocenters. The van der Waals surface area contributed by atoms with Gasteiger partial charge < -0.3 is 14.6 Å². The molecule has 25 heavy (non-hydrogen) atoms. The molecule has 1 amide bonds. The molecule has 0 unspecified atom stereocenters. The summed E-state index contributed by atoms with van der Waals surface area (Å²) in [5.41, 5.74) is 2.35. The molecule has 0 spiro atoms. The number of carbonyl (C=O) groups is 1. The van der Waals surface area contributed by atoms with E-state index in [0.717, 1.165) is 12.2 Å². The first-order chi connectivity index (χ1) is 12.2. The van der Waals surface area contributed by atoms with E-state index in [1.807, 2.05) is 49.5 Å². The summed E-state index contributed by atoms with van der Waals surface area (Å²) in [6, 6.07) is 18.3. The highest BCUT2D eigenvalue weighted by Crippen LogP contribution is 2.15. The smallest absolute Gasteiger partial charge is 0.221 e. The molecule has 4 nitrogen and oxygen atoms in total. The molecule has 1 heterocycles. The number of rotatable bonds is 8. The maximum absolute atomic E-state index is 12.0. The molecule has 1 N–H and O–H groups in total. The molecule has 0 radical (unpaired) electrons. The standard InChI is InChI=1S/C21H24N2O2/c1-17-6-4-8-19(16-17)25-15-5-12-22-21(24)11-14-23-13-10-18-7-2-3-9-20(18)23/h2-4,6-10,13,16H,5,11-12,14-15H2,1H3,(H,22,24). The maximum Gasteiger partial charge on any atom is 0.221 e. The largest absolute Gasteiger partial charge is 0.494 e. The zero-order chi connectivity index (χ0) is 17.5. The summed E-state index contributed by atoms with van der Waals surface area (Å²) in [5.74, 6) is 0.958. The zero-order valence-electron chi connectivity index (χ0n) is 14.6. The minimum absolute atomic E-state index is 0.0772. The van der Waals surface area contributed by atoms with E-state index in [1.54, 1.807) is 0 Å². The predicted octanol–water partition coefficient (Wildman–Crippen LogP) is 3.93.